The molecule has 0 radical (unpaired) electrons. The summed E-state index contributed by atoms with van der Waals surface area (Å²) < 4.78 is 42.2. The monoisotopic (exact) mass is 287 g/mol. The molecular formula is C14H16F3NO2. The summed E-state index contributed by atoms with van der Waals surface area (Å²) >= 11 is 0. The van der Waals surface area contributed by atoms with Crippen LogP contribution in [0.2, 0.25) is 0 Å². The minimum atomic E-state index is -4.38. The molecule has 1 saturated heterocycles. The van der Waals surface area contributed by atoms with E-state index in [0.29, 0.717) is 0 Å². The highest BCUT2D eigenvalue weighted by Crippen LogP contribution is 2.30. The predicted molar refractivity (Wildman–Crippen MR) is 67.3 cm³/mol. The number of carbonyl (C=O) groups excluding carboxylic acids is 1. The normalized spacial score (nSPS) is 19.6. The van der Waals surface area contributed by atoms with Gasteiger partial charge in [0.1, 0.15) is 5.75 Å². The number of benzene rings is 1. The highest BCUT2D eigenvalue weighted by Gasteiger charge is 2.30. The van der Waals surface area contributed by atoms with Gasteiger partial charge in [-0.15, -0.1) is 0 Å². The van der Waals surface area contributed by atoms with Gasteiger partial charge in [0.15, 0.2) is 0 Å². The molecule has 1 aromatic carbocycles. The minimum absolute atomic E-state index is 0.145. The molecule has 110 valence electrons. The lowest BCUT2D eigenvalue weighted by Gasteiger charge is -2.21. The highest BCUT2D eigenvalue weighted by atomic mass is 19.4. The van der Waals surface area contributed by atoms with Gasteiger partial charge < -0.3 is 10.1 Å². The van der Waals surface area contributed by atoms with Gasteiger partial charge in [-0.05, 0) is 56.1 Å². The summed E-state index contributed by atoms with van der Waals surface area (Å²) in [6.45, 7) is 1.74. The second-order valence-electron chi connectivity index (χ2n) is 4.91. The molecule has 2 rings (SSSR count). The molecule has 1 unspecified atom stereocenters. The molecule has 1 aliphatic heterocycles. The van der Waals surface area contributed by atoms with E-state index in [4.69, 9.17) is 4.74 Å². The van der Waals surface area contributed by atoms with Crippen LogP contribution in [0.1, 0.15) is 24.8 Å². The number of piperidine rings is 1. The number of ether oxygens (including phenoxy) is 1. The molecule has 1 atom stereocenters. The fourth-order valence-corrected chi connectivity index (χ4v) is 2.22. The number of nitrogens with one attached hydrogen (secondary N) is 1. The van der Waals surface area contributed by atoms with Crippen LogP contribution in [-0.4, -0.2) is 19.1 Å². The van der Waals surface area contributed by atoms with Gasteiger partial charge in [-0.1, -0.05) is 0 Å². The van der Waals surface area contributed by atoms with Gasteiger partial charge in [0, 0.05) is 6.42 Å². The second kappa shape index (κ2) is 6.26. The Kier molecular flexibility index (Phi) is 4.65. The van der Waals surface area contributed by atoms with Gasteiger partial charge >= 0.3 is 12.1 Å². The Morgan fingerprint density at radius 3 is 2.55 bits per heavy atom. The zero-order chi connectivity index (χ0) is 14.6. The van der Waals surface area contributed by atoms with E-state index in [0.717, 1.165) is 38.1 Å². The number of esters is 1. The van der Waals surface area contributed by atoms with E-state index in [1.165, 1.54) is 12.1 Å². The second-order valence-corrected chi connectivity index (χ2v) is 4.91. The lowest BCUT2D eigenvalue weighted by molar-refractivity contribution is -0.137. The van der Waals surface area contributed by atoms with E-state index in [-0.39, 0.29) is 18.1 Å². The Bertz CT molecular complexity index is 450. The summed E-state index contributed by atoms with van der Waals surface area (Å²) in [6.07, 6.45) is -2.10. The van der Waals surface area contributed by atoms with Crippen LogP contribution in [0, 0.1) is 5.92 Å². The standard InChI is InChI=1S/C14H16F3NO2/c15-14(16,17)11-3-5-12(6-4-11)20-13(19)8-10-2-1-7-18-9-10/h3-6,10,18H,1-2,7-9H2. The number of halogens is 3. The molecule has 1 heterocycles. The first kappa shape index (κ1) is 14.8. The van der Waals surface area contributed by atoms with Crippen molar-refractivity contribution >= 4 is 5.97 Å². The van der Waals surface area contributed by atoms with Crippen LogP contribution in [-0.2, 0) is 11.0 Å². The van der Waals surface area contributed by atoms with Crippen molar-refractivity contribution < 1.29 is 22.7 Å². The summed E-state index contributed by atoms with van der Waals surface area (Å²) in [5.74, 6) is -0.0177. The van der Waals surface area contributed by atoms with E-state index in [1.54, 1.807) is 0 Å². The maximum Gasteiger partial charge on any atom is 0.416 e. The molecule has 3 nitrogen and oxygen atoms in total. The first-order valence-electron chi connectivity index (χ1n) is 6.54. The van der Waals surface area contributed by atoms with Gasteiger partial charge in [-0.3, -0.25) is 4.79 Å². The van der Waals surface area contributed by atoms with Gasteiger partial charge in [-0.2, -0.15) is 13.2 Å². The molecule has 6 heteroatoms. The molecule has 0 aromatic heterocycles. The number of rotatable bonds is 3. The lowest BCUT2D eigenvalue weighted by Crippen LogP contribution is -2.31. The third-order valence-electron chi connectivity index (χ3n) is 3.27. The van der Waals surface area contributed by atoms with Crippen molar-refractivity contribution in [2.24, 2.45) is 5.92 Å². The van der Waals surface area contributed by atoms with Crippen LogP contribution >= 0.6 is 0 Å². The molecule has 0 spiro atoms. The average molecular weight is 287 g/mol. The van der Waals surface area contributed by atoms with Crippen molar-refractivity contribution in [1.29, 1.82) is 0 Å². The van der Waals surface area contributed by atoms with Gasteiger partial charge in [0.2, 0.25) is 0 Å². The number of hydrogen-bond acceptors (Lipinski definition) is 3. The van der Waals surface area contributed by atoms with Crippen LogP contribution in [0.5, 0.6) is 5.75 Å². The van der Waals surface area contributed by atoms with Crippen molar-refractivity contribution in [1.82, 2.24) is 5.32 Å². The molecule has 1 N–H and O–H groups in total. The Morgan fingerprint density at radius 1 is 1.30 bits per heavy atom. The molecule has 0 aliphatic carbocycles. The first-order valence-corrected chi connectivity index (χ1v) is 6.54. The molecule has 1 fully saturated rings. The quantitative estimate of drug-likeness (QED) is 0.686. The van der Waals surface area contributed by atoms with Crippen molar-refractivity contribution in [3.8, 4) is 5.75 Å². The van der Waals surface area contributed by atoms with Gasteiger partial charge in [-0.25, -0.2) is 0 Å². The third kappa shape index (κ3) is 4.23. The number of hydrogen-bond donors (Lipinski definition) is 1. The van der Waals surface area contributed by atoms with Crippen LogP contribution in [0.15, 0.2) is 24.3 Å². The Hall–Kier alpha value is -1.56. The van der Waals surface area contributed by atoms with Crippen LogP contribution in [0.25, 0.3) is 0 Å². The summed E-state index contributed by atoms with van der Waals surface area (Å²) in [6, 6.07) is 4.15. The highest BCUT2D eigenvalue weighted by molar-refractivity contribution is 5.72. The SMILES string of the molecule is O=C(CC1CCCNC1)Oc1ccc(C(F)(F)F)cc1. The maximum absolute atomic E-state index is 12.4. The molecule has 0 saturated carbocycles. The largest absolute Gasteiger partial charge is 0.427 e. The summed E-state index contributed by atoms with van der Waals surface area (Å²) in [5.41, 5.74) is -0.756. The fourth-order valence-electron chi connectivity index (χ4n) is 2.22. The average Bonchev–Trinajstić information content (AvgIpc) is 2.39. The van der Waals surface area contributed by atoms with E-state index in [9.17, 15) is 18.0 Å². The molecule has 20 heavy (non-hydrogen) atoms. The molecule has 1 aromatic rings. The fraction of sp³-hybridized carbons (Fsp3) is 0.500. The molecule has 1 aliphatic rings. The molecule has 0 amide bonds. The zero-order valence-corrected chi connectivity index (χ0v) is 10.9. The zero-order valence-electron chi connectivity index (χ0n) is 10.9. The van der Waals surface area contributed by atoms with Crippen molar-refractivity contribution in [2.45, 2.75) is 25.4 Å². The van der Waals surface area contributed by atoms with Crippen LogP contribution in [0.4, 0.5) is 13.2 Å². The van der Waals surface area contributed by atoms with Crippen molar-refractivity contribution in [3.05, 3.63) is 29.8 Å². The van der Waals surface area contributed by atoms with E-state index in [2.05, 4.69) is 5.32 Å². The Balaban J connectivity index is 1.87. The van der Waals surface area contributed by atoms with Crippen LogP contribution < -0.4 is 10.1 Å². The summed E-state index contributed by atoms with van der Waals surface area (Å²) in [4.78, 5) is 11.7. The van der Waals surface area contributed by atoms with Gasteiger partial charge in [0.25, 0.3) is 0 Å². The molecule has 0 bridgehead atoms. The predicted octanol–water partition coefficient (Wildman–Crippen LogP) is 3.00. The first-order chi connectivity index (χ1) is 9.45. The van der Waals surface area contributed by atoms with Crippen molar-refractivity contribution in [3.63, 3.8) is 0 Å². The smallest absolute Gasteiger partial charge is 0.416 e. The minimum Gasteiger partial charge on any atom is -0.427 e. The van der Waals surface area contributed by atoms with Crippen molar-refractivity contribution in [2.75, 3.05) is 13.1 Å². The van der Waals surface area contributed by atoms with E-state index >= 15 is 0 Å². The Morgan fingerprint density at radius 2 is 2.00 bits per heavy atom. The Labute approximate surface area is 115 Å². The topological polar surface area (TPSA) is 38.3 Å². The number of carbonyl (C=O) groups is 1. The third-order valence-corrected chi connectivity index (χ3v) is 3.27. The summed E-state index contributed by atoms with van der Waals surface area (Å²) in [5, 5.41) is 3.20. The van der Waals surface area contributed by atoms with Gasteiger partial charge in [0.05, 0.1) is 5.56 Å². The number of alkyl halides is 3. The van der Waals surface area contributed by atoms with E-state index in [1.807, 2.05) is 0 Å². The van der Waals surface area contributed by atoms with Crippen LogP contribution in [0.3, 0.4) is 0 Å². The van der Waals surface area contributed by atoms with E-state index < -0.39 is 17.7 Å². The molecular weight excluding hydrogens is 271 g/mol. The lowest BCUT2D eigenvalue weighted by atomic mass is 9.96. The maximum atomic E-state index is 12.4. The summed E-state index contributed by atoms with van der Waals surface area (Å²) in [7, 11) is 0.